The fraction of sp³-hybridized carbons (Fsp3) is 0.421. The Labute approximate surface area is 133 Å². The van der Waals surface area contributed by atoms with Crippen LogP contribution in [0.25, 0.3) is 11.3 Å². The zero-order valence-electron chi connectivity index (χ0n) is 13.9. The number of unbranched alkanes of at least 4 members (excludes halogenated alkanes) is 2. The maximum atomic E-state index is 12.0. The average molecular weight is 301 g/mol. The van der Waals surface area contributed by atoms with Crippen LogP contribution in [-0.4, -0.2) is 12.5 Å². The number of hydrogen-bond acceptors (Lipinski definition) is 2. The zero-order chi connectivity index (χ0) is 16.2. The Bertz CT molecular complexity index is 532. The van der Waals surface area contributed by atoms with E-state index in [1.807, 2.05) is 36.4 Å². The molecule has 0 spiro atoms. The minimum atomic E-state index is -0.0236. The molecule has 0 saturated carbocycles. The maximum Gasteiger partial charge on any atom is 0.251 e. The molecule has 0 radical (unpaired) electrons. The van der Waals surface area contributed by atoms with Gasteiger partial charge in [0.1, 0.15) is 5.76 Å². The van der Waals surface area contributed by atoms with Gasteiger partial charge in [-0.1, -0.05) is 52.2 Å². The van der Waals surface area contributed by atoms with Gasteiger partial charge in [-0.15, -0.1) is 0 Å². The molecule has 0 unspecified atom stereocenters. The lowest BCUT2D eigenvalue weighted by molar-refractivity contribution is 0.0953. The molecule has 3 nitrogen and oxygen atoms in total. The first-order valence-electron chi connectivity index (χ1n) is 8.15. The van der Waals surface area contributed by atoms with Crippen molar-refractivity contribution in [1.29, 1.82) is 0 Å². The highest BCUT2D eigenvalue weighted by Crippen LogP contribution is 2.20. The van der Waals surface area contributed by atoms with Crippen LogP contribution in [0.15, 0.2) is 47.1 Å². The monoisotopic (exact) mass is 301 g/mol. The number of amides is 1. The molecule has 1 N–H and O–H groups in total. The topological polar surface area (TPSA) is 42.2 Å². The number of rotatable bonds is 6. The smallest absolute Gasteiger partial charge is 0.251 e. The second kappa shape index (κ2) is 10.7. The lowest BCUT2D eigenvalue weighted by atomic mass is 10.1. The summed E-state index contributed by atoms with van der Waals surface area (Å²) in [6.45, 7) is 7.13. The maximum absolute atomic E-state index is 12.0. The van der Waals surface area contributed by atoms with Crippen molar-refractivity contribution in [2.24, 2.45) is 0 Å². The lowest BCUT2D eigenvalue weighted by Gasteiger charge is -2.05. The van der Waals surface area contributed by atoms with Gasteiger partial charge in [-0.25, -0.2) is 0 Å². The molecule has 1 amide bonds. The van der Waals surface area contributed by atoms with Crippen LogP contribution in [0, 0.1) is 0 Å². The highest BCUT2D eigenvalue weighted by atomic mass is 16.3. The second-order valence-corrected chi connectivity index (χ2v) is 5.23. The van der Waals surface area contributed by atoms with Crippen LogP contribution in [0.1, 0.15) is 56.8 Å². The van der Waals surface area contributed by atoms with Gasteiger partial charge in [-0.3, -0.25) is 4.79 Å². The minimum absolute atomic E-state index is 0.0236. The van der Waals surface area contributed by atoms with Gasteiger partial charge < -0.3 is 9.73 Å². The van der Waals surface area contributed by atoms with E-state index in [4.69, 9.17) is 4.42 Å². The molecular formula is C19H27NO2. The summed E-state index contributed by atoms with van der Waals surface area (Å²) >= 11 is 0. The Morgan fingerprint density at radius 1 is 1.09 bits per heavy atom. The first kappa shape index (κ1) is 18.0. The van der Waals surface area contributed by atoms with Crippen molar-refractivity contribution in [3.8, 4) is 11.3 Å². The molecule has 0 aliphatic rings. The van der Waals surface area contributed by atoms with E-state index in [0.717, 1.165) is 37.1 Å². The minimum Gasteiger partial charge on any atom is -0.464 e. The van der Waals surface area contributed by atoms with Gasteiger partial charge >= 0.3 is 0 Å². The van der Waals surface area contributed by atoms with Gasteiger partial charge in [0.05, 0.1) is 6.26 Å². The molecule has 0 aliphatic carbocycles. The van der Waals surface area contributed by atoms with Crippen molar-refractivity contribution in [3.63, 3.8) is 0 Å². The number of carbonyl (C=O) groups excluding carboxylic acids is 1. The van der Waals surface area contributed by atoms with E-state index in [0.29, 0.717) is 5.56 Å². The van der Waals surface area contributed by atoms with Gasteiger partial charge in [-0.2, -0.15) is 0 Å². The average Bonchev–Trinajstić information content (AvgIpc) is 3.07. The molecule has 0 atom stereocenters. The molecule has 0 aliphatic heterocycles. The fourth-order valence-corrected chi connectivity index (χ4v) is 1.94. The largest absolute Gasteiger partial charge is 0.464 e. The summed E-state index contributed by atoms with van der Waals surface area (Å²) < 4.78 is 5.34. The van der Waals surface area contributed by atoms with Gasteiger partial charge in [0.2, 0.25) is 0 Å². The molecule has 1 heterocycles. The Hall–Kier alpha value is -2.03. The summed E-state index contributed by atoms with van der Waals surface area (Å²) in [6, 6.07) is 11.2. The predicted octanol–water partition coefficient (Wildman–Crippen LogP) is 5.28. The fourth-order valence-electron chi connectivity index (χ4n) is 1.94. The first-order valence-corrected chi connectivity index (χ1v) is 8.15. The van der Waals surface area contributed by atoms with E-state index in [-0.39, 0.29) is 5.91 Å². The molecule has 22 heavy (non-hydrogen) atoms. The second-order valence-electron chi connectivity index (χ2n) is 5.23. The molecule has 0 fully saturated rings. The number of carbonyl (C=O) groups is 1. The van der Waals surface area contributed by atoms with Crippen LogP contribution in [0.5, 0.6) is 0 Å². The summed E-state index contributed by atoms with van der Waals surface area (Å²) in [7, 11) is 0. The van der Waals surface area contributed by atoms with Crippen molar-refractivity contribution in [2.45, 2.75) is 46.5 Å². The number of nitrogens with one attached hydrogen (secondary N) is 1. The standard InChI is InChI=1S/C16H19NO2.C3H8/c1-2-3-4-10-17-16(18)14-8-5-7-13(12-14)15-9-6-11-19-15;1-3-2/h5-9,11-12H,2-4,10H2,1H3,(H,17,18);3H2,1-2H3. The van der Waals surface area contributed by atoms with E-state index >= 15 is 0 Å². The summed E-state index contributed by atoms with van der Waals surface area (Å²) in [5.41, 5.74) is 1.59. The number of furan rings is 1. The number of hydrogen-bond donors (Lipinski definition) is 1. The van der Waals surface area contributed by atoms with Crippen LogP contribution in [-0.2, 0) is 0 Å². The van der Waals surface area contributed by atoms with E-state index < -0.39 is 0 Å². The highest BCUT2D eigenvalue weighted by molar-refractivity contribution is 5.95. The molecular weight excluding hydrogens is 274 g/mol. The van der Waals surface area contributed by atoms with Crippen LogP contribution in [0.2, 0.25) is 0 Å². The van der Waals surface area contributed by atoms with Gasteiger partial charge in [0.15, 0.2) is 0 Å². The third-order valence-corrected chi connectivity index (χ3v) is 3.00. The van der Waals surface area contributed by atoms with Crippen molar-refractivity contribution >= 4 is 5.91 Å². The van der Waals surface area contributed by atoms with E-state index in [2.05, 4.69) is 26.1 Å². The van der Waals surface area contributed by atoms with E-state index in [9.17, 15) is 4.79 Å². The summed E-state index contributed by atoms with van der Waals surface area (Å²) in [5, 5.41) is 2.94. The van der Waals surface area contributed by atoms with Gasteiger partial charge in [0, 0.05) is 17.7 Å². The summed E-state index contributed by atoms with van der Waals surface area (Å²) in [6.07, 6.45) is 6.21. The Balaban J connectivity index is 0.000000745. The van der Waals surface area contributed by atoms with E-state index in [1.165, 1.54) is 6.42 Å². The molecule has 2 aromatic rings. The molecule has 1 aromatic heterocycles. The summed E-state index contributed by atoms with van der Waals surface area (Å²) in [5.74, 6) is 0.755. The molecule has 0 saturated heterocycles. The van der Waals surface area contributed by atoms with E-state index in [1.54, 1.807) is 6.26 Å². The Morgan fingerprint density at radius 2 is 1.86 bits per heavy atom. The van der Waals surface area contributed by atoms with Crippen molar-refractivity contribution in [3.05, 3.63) is 48.2 Å². The SMILES string of the molecule is CCC.CCCCCNC(=O)c1cccc(-c2ccco2)c1. The van der Waals surface area contributed by atoms with Crippen molar-refractivity contribution < 1.29 is 9.21 Å². The van der Waals surface area contributed by atoms with Crippen LogP contribution in [0.3, 0.4) is 0 Å². The molecule has 3 heteroatoms. The molecule has 120 valence electrons. The normalized spacial score (nSPS) is 9.77. The molecule has 2 rings (SSSR count). The Morgan fingerprint density at radius 3 is 2.50 bits per heavy atom. The zero-order valence-corrected chi connectivity index (χ0v) is 13.9. The van der Waals surface area contributed by atoms with Crippen LogP contribution >= 0.6 is 0 Å². The first-order chi connectivity index (χ1) is 10.7. The quantitative estimate of drug-likeness (QED) is 0.737. The summed E-state index contributed by atoms with van der Waals surface area (Å²) in [4.78, 5) is 12.0. The van der Waals surface area contributed by atoms with Gasteiger partial charge in [-0.05, 0) is 30.7 Å². The predicted molar refractivity (Wildman–Crippen MR) is 92.0 cm³/mol. The Kier molecular flexibility index (Phi) is 8.73. The van der Waals surface area contributed by atoms with Crippen LogP contribution < -0.4 is 5.32 Å². The van der Waals surface area contributed by atoms with Crippen LogP contribution in [0.4, 0.5) is 0 Å². The van der Waals surface area contributed by atoms with Crippen molar-refractivity contribution in [1.82, 2.24) is 5.32 Å². The van der Waals surface area contributed by atoms with Crippen molar-refractivity contribution in [2.75, 3.05) is 6.54 Å². The lowest BCUT2D eigenvalue weighted by Crippen LogP contribution is -2.24. The highest BCUT2D eigenvalue weighted by Gasteiger charge is 2.07. The molecule has 1 aromatic carbocycles. The van der Waals surface area contributed by atoms with Gasteiger partial charge in [0.25, 0.3) is 5.91 Å². The third kappa shape index (κ3) is 6.17. The number of benzene rings is 1. The third-order valence-electron chi connectivity index (χ3n) is 3.00. The molecule has 0 bridgehead atoms.